The molecule has 160 valence electrons. The standard InChI is InChI=1S/C21H16ClF2N3O3S/c22-15-11-12(4-7-16(15)23)26-21(28)14-5-8-17(24)20-13(14)6-9-18(20)27-31(29,30)19-3-1-2-10-25-19/h1-5,7-8,10-11,18,27H,6,9H2,(H,26,28)/t18-/m0/s1. The van der Waals surface area contributed by atoms with Gasteiger partial charge in [0.25, 0.3) is 15.9 Å². The maximum Gasteiger partial charge on any atom is 0.258 e. The predicted molar refractivity (Wildman–Crippen MR) is 111 cm³/mol. The van der Waals surface area contributed by atoms with E-state index >= 15 is 0 Å². The van der Waals surface area contributed by atoms with Crippen molar-refractivity contribution in [2.45, 2.75) is 23.9 Å². The van der Waals surface area contributed by atoms with Gasteiger partial charge in [0.2, 0.25) is 0 Å². The van der Waals surface area contributed by atoms with Crippen molar-refractivity contribution in [2.75, 3.05) is 5.32 Å². The van der Waals surface area contributed by atoms with Crippen LogP contribution in [0.25, 0.3) is 0 Å². The van der Waals surface area contributed by atoms with Crippen LogP contribution in [0.4, 0.5) is 14.5 Å². The van der Waals surface area contributed by atoms with E-state index in [1.807, 2.05) is 0 Å². The number of carbonyl (C=O) groups excluding carboxylic acids is 1. The number of hydrogen-bond donors (Lipinski definition) is 2. The highest BCUT2D eigenvalue weighted by Gasteiger charge is 2.33. The van der Waals surface area contributed by atoms with Crippen molar-refractivity contribution in [3.05, 3.63) is 88.1 Å². The van der Waals surface area contributed by atoms with Gasteiger partial charge < -0.3 is 5.32 Å². The molecule has 0 spiro atoms. The number of anilines is 1. The fourth-order valence-electron chi connectivity index (χ4n) is 3.57. The SMILES string of the molecule is O=C(Nc1ccc(F)c(Cl)c1)c1ccc(F)c2c1CC[C@@H]2NS(=O)(=O)c1ccccn1. The molecule has 1 heterocycles. The average molecular weight is 464 g/mol. The molecule has 6 nitrogen and oxygen atoms in total. The Morgan fingerprint density at radius 3 is 2.58 bits per heavy atom. The van der Waals surface area contributed by atoms with Gasteiger partial charge in [-0.1, -0.05) is 17.7 Å². The predicted octanol–water partition coefficient (Wildman–Crippen LogP) is 4.23. The van der Waals surface area contributed by atoms with Crippen molar-refractivity contribution in [1.29, 1.82) is 0 Å². The molecule has 0 aliphatic heterocycles. The molecular weight excluding hydrogens is 448 g/mol. The molecule has 0 saturated heterocycles. The summed E-state index contributed by atoms with van der Waals surface area (Å²) in [6, 6.07) is 9.83. The van der Waals surface area contributed by atoms with Gasteiger partial charge in [-0.15, -0.1) is 0 Å². The second-order valence-corrected chi connectivity index (χ2v) is 9.02. The molecule has 2 N–H and O–H groups in total. The molecule has 1 aromatic heterocycles. The van der Waals surface area contributed by atoms with Crippen molar-refractivity contribution in [2.24, 2.45) is 0 Å². The van der Waals surface area contributed by atoms with Gasteiger partial charge in [-0.05, 0) is 60.9 Å². The fourth-order valence-corrected chi connectivity index (χ4v) is 4.94. The van der Waals surface area contributed by atoms with E-state index in [1.54, 1.807) is 6.07 Å². The number of fused-ring (bicyclic) bond motifs is 1. The van der Waals surface area contributed by atoms with E-state index in [-0.39, 0.29) is 33.3 Å². The smallest absolute Gasteiger partial charge is 0.258 e. The summed E-state index contributed by atoms with van der Waals surface area (Å²) in [6.07, 6.45) is 1.93. The molecule has 1 aliphatic rings. The number of aromatic nitrogens is 1. The van der Waals surface area contributed by atoms with Crippen molar-refractivity contribution < 1.29 is 22.0 Å². The van der Waals surface area contributed by atoms with E-state index in [0.717, 1.165) is 12.1 Å². The average Bonchev–Trinajstić information content (AvgIpc) is 3.15. The number of halogens is 3. The van der Waals surface area contributed by atoms with E-state index in [4.69, 9.17) is 11.6 Å². The van der Waals surface area contributed by atoms with Crippen LogP contribution in [0.15, 0.2) is 59.8 Å². The van der Waals surface area contributed by atoms with Crippen molar-refractivity contribution in [3.63, 3.8) is 0 Å². The van der Waals surface area contributed by atoms with Crippen LogP contribution in [0, 0.1) is 11.6 Å². The molecule has 0 radical (unpaired) electrons. The highest BCUT2D eigenvalue weighted by Crippen LogP contribution is 2.36. The van der Waals surface area contributed by atoms with Gasteiger partial charge in [0.1, 0.15) is 11.6 Å². The number of rotatable bonds is 5. The summed E-state index contributed by atoms with van der Waals surface area (Å²) >= 11 is 5.74. The first-order chi connectivity index (χ1) is 14.8. The molecular formula is C21H16ClF2N3O3S. The maximum atomic E-state index is 14.6. The molecule has 3 aromatic rings. The lowest BCUT2D eigenvalue weighted by Crippen LogP contribution is -2.28. The second kappa shape index (κ2) is 8.33. The molecule has 31 heavy (non-hydrogen) atoms. The van der Waals surface area contributed by atoms with Gasteiger partial charge in [-0.25, -0.2) is 26.9 Å². The van der Waals surface area contributed by atoms with Crippen molar-refractivity contribution in [1.82, 2.24) is 9.71 Å². The minimum absolute atomic E-state index is 0.129. The van der Waals surface area contributed by atoms with Gasteiger partial charge in [0.15, 0.2) is 5.03 Å². The van der Waals surface area contributed by atoms with Crippen LogP contribution >= 0.6 is 11.6 Å². The molecule has 0 fully saturated rings. The molecule has 0 saturated carbocycles. The zero-order valence-electron chi connectivity index (χ0n) is 15.9. The molecule has 1 amide bonds. The summed E-state index contributed by atoms with van der Waals surface area (Å²) in [4.78, 5) is 16.6. The van der Waals surface area contributed by atoms with Crippen LogP contribution in [0.2, 0.25) is 5.02 Å². The third kappa shape index (κ3) is 4.30. The first-order valence-electron chi connectivity index (χ1n) is 9.27. The van der Waals surface area contributed by atoms with Crippen molar-refractivity contribution in [3.8, 4) is 0 Å². The monoisotopic (exact) mass is 463 g/mol. The number of carbonyl (C=O) groups is 1. The summed E-state index contributed by atoms with van der Waals surface area (Å²) in [5.41, 5.74) is 1.03. The number of nitrogens with zero attached hydrogens (tertiary/aromatic N) is 1. The van der Waals surface area contributed by atoms with Crippen LogP contribution in [-0.2, 0) is 16.4 Å². The molecule has 0 unspecified atom stereocenters. The number of amides is 1. The first-order valence-corrected chi connectivity index (χ1v) is 11.1. The quantitative estimate of drug-likeness (QED) is 0.592. The number of hydrogen-bond acceptors (Lipinski definition) is 4. The van der Waals surface area contributed by atoms with Gasteiger partial charge in [-0.3, -0.25) is 4.79 Å². The second-order valence-electron chi connectivity index (χ2n) is 6.95. The lowest BCUT2D eigenvalue weighted by Gasteiger charge is -2.16. The normalized spacial score (nSPS) is 15.5. The minimum Gasteiger partial charge on any atom is -0.322 e. The minimum atomic E-state index is -3.97. The lowest BCUT2D eigenvalue weighted by molar-refractivity contribution is 0.102. The maximum absolute atomic E-state index is 14.6. The van der Waals surface area contributed by atoms with E-state index in [0.29, 0.717) is 12.0 Å². The Kier molecular flexibility index (Phi) is 5.74. The highest BCUT2D eigenvalue weighted by atomic mass is 35.5. The van der Waals surface area contributed by atoms with Crippen LogP contribution in [0.1, 0.15) is 33.9 Å². The van der Waals surface area contributed by atoms with E-state index in [9.17, 15) is 22.0 Å². The number of nitrogens with one attached hydrogen (secondary N) is 2. The van der Waals surface area contributed by atoms with Crippen LogP contribution in [0.5, 0.6) is 0 Å². The third-order valence-corrected chi connectivity index (χ3v) is 6.64. The Hall–Kier alpha value is -2.88. The molecule has 0 bridgehead atoms. The zero-order chi connectivity index (χ0) is 22.2. The third-order valence-electron chi connectivity index (χ3n) is 4.97. The number of sulfonamides is 1. The van der Waals surface area contributed by atoms with Gasteiger partial charge in [0.05, 0.1) is 11.1 Å². The Morgan fingerprint density at radius 2 is 1.87 bits per heavy atom. The first kappa shape index (κ1) is 21.4. The zero-order valence-corrected chi connectivity index (χ0v) is 17.5. The Bertz CT molecular complexity index is 1270. The summed E-state index contributed by atoms with van der Waals surface area (Å²) in [5.74, 6) is -1.76. The fraction of sp³-hybridized carbons (Fsp3) is 0.143. The lowest BCUT2D eigenvalue weighted by atomic mass is 10.0. The number of pyridine rings is 1. The summed E-state index contributed by atoms with van der Waals surface area (Å²) in [6.45, 7) is 0. The Balaban J connectivity index is 1.62. The number of benzene rings is 2. The molecule has 10 heteroatoms. The highest BCUT2D eigenvalue weighted by molar-refractivity contribution is 7.89. The Labute approximate surface area is 182 Å². The van der Waals surface area contributed by atoms with Gasteiger partial charge in [0, 0.05) is 23.0 Å². The van der Waals surface area contributed by atoms with Gasteiger partial charge in [-0.2, -0.15) is 0 Å². The Morgan fingerprint density at radius 1 is 1.10 bits per heavy atom. The topological polar surface area (TPSA) is 88.2 Å². The summed E-state index contributed by atoms with van der Waals surface area (Å²) in [7, 11) is -3.97. The summed E-state index contributed by atoms with van der Waals surface area (Å²) in [5, 5.41) is 2.28. The molecule has 2 aromatic carbocycles. The van der Waals surface area contributed by atoms with E-state index in [1.165, 1.54) is 36.5 Å². The van der Waals surface area contributed by atoms with Gasteiger partial charge >= 0.3 is 0 Å². The molecule has 1 atom stereocenters. The summed E-state index contributed by atoms with van der Waals surface area (Å²) < 4.78 is 55.7. The largest absolute Gasteiger partial charge is 0.322 e. The van der Waals surface area contributed by atoms with Crippen LogP contribution < -0.4 is 10.0 Å². The van der Waals surface area contributed by atoms with E-state index in [2.05, 4.69) is 15.0 Å². The molecule has 1 aliphatic carbocycles. The van der Waals surface area contributed by atoms with E-state index < -0.39 is 33.6 Å². The van der Waals surface area contributed by atoms with Crippen LogP contribution in [-0.4, -0.2) is 19.3 Å². The van der Waals surface area contributed by atoms with Crippen LogP contribution in [0.3, 0.4) is 0 Å². The van der Waals surface area contributed by atoms with Crippen molar-refractivity contribution >= 4 is 33.2 Å². The molecule has 4 rings (SSSR count).